The zero-order valence-corrected chi connectivity index (χ0v) is 20.4. The highest BCUT2D eigenvalue weighted by atomic mass is 32.1. The lowest BCUT2D eigenvalue weighted by Gasteiger charge is -2.15. The molecule has 1 atom stereocenters. The van der Waals surface area contributed by atoms with Crippen LogP contribution in [0.4, 0.5) is 24.0 Å². The van der Waals surface area contributed by atoms with E-state index in [0.717, 1.165) is 22.5 Å². The summed E-state index contributed by atoms with van der Waals surface area (Å²) in [5, 5.41) is 6.31. The molecule has 36 heavy (non-hydrogen) atoms. The van der Waals surface area contributed by atoms with Crippen LogP contribution in [0.1, 0.15) is 33.9 Å². The van der Waals surface area contributed by atoms with E-state index in [-0.39, 0.29) is 36.6 Å². The molecule has 190 valence electrons. The van der Waals surface area contributed by atoms with Gasteiger partial charge in [-0.25, -0.2) is 15.0 Å². The second-order valence-corrected chi connectivity index (χ2v) is 8.91. The molecule has 0 fully saturated rings. The lowest BCUT2D eigenvalue weighted by molar-refractivity contribution is -0.137. The fourth-order valence-electron chi connectivity index (χ4n) is 3.31. The Bertz CT molecular complexity index is 1370. The van der Waals surface area contributed by atoms with Crippen molar-refractivity contribution in [1.29, 1.82) is 0 Å². The van der Waals surface area contributed by atoms with Crippen LogP contribution in [0, 0.1) is 0 Å². The lowest BCUT2D eigenvalue weighted by Crippen LogP contribution is -2.26. The summed E-state index contributed by atoms with van der Waals surface area (Å²) in [6.45, 7) is 2.10. The van der Waals surface area contributed by atoms with E-state index in [1.54, 1.807) is 36.3 Å². The highest BCUT2D eigenvalue weighted by molar-refractivity contribution is 7.15. The van der Waals surface area contributed by atoms with Gasteiger partial charge in [-0.05, 0) is 31.2 Å². The minimum Gasteiger partial charge on any atom is -0.489 e. The van der Waals surface area contributed by atoms with Crippen LogP contribution in [-0.4, -0.2) is 45.7 Å². The Morgan fingerprint density at radius 3 is 2.72 bits per heavy atom. The first kappa shape index (κ1) is 25.4. The highest BCUT2D eigenvalue weighted by Gasteiger charge is 2.31. The van der Waals surface area contributed by atoms with E-state index in [4.69, 9.17) is 9.47 Å². The number of methoxy groups -OCH3 is 1. The van der Waals surface area contributed by atoms with Gasteiger partial charge in [0.25, 0.3) is 5.91 Å². The standard InChI is InChI=1S/C23H23F3N6O3S/c1-13(30-21(33)16-9-18-17(10-27-16)29-12-32(18)2)20-11-28-22(36-20)31-15-5-4-14(23(24,25)26)8-19(15)35-7-6-34-3/h4-5,8-13H,6-7H2,1-3H3,(H,28,31)(H,30,33). The van der Waals surface area contributed by atoms with Crippen molar-refractivity contribution in [2.45, 2.75) is 19.1 Å². The van der Waals surface area contributed by atoms with Crippen molar-refractivity contribution in [2.24, 2.45) is 7.05 Å². The average molecular weight is 521 g/mol. The number of hydrogen-bond donors (Lipinski definition) is 2. The van der Waals surface area contributed by atoms with Gasteiger partial charge in [0.05, 0.1) is 41.9 Å². The third-order valence-electron chi connectivity index (χ3n) is 5.24. The summed E-state index contributed by atoms with van der Waals surface area (Å²) in [6, 6.07) is 4.47. The summed E-state index contributed by atoms with van der Waals surface area (Å²) < 4.78 is 51.7. The van der Waals surface area contributed by atoms with Gasteiger partial charge in [0, 0.05) is 25.2 Å². The number of aryl methyl sites for hydroxylation is 1. The Labute approximate surface area is 208 Å². The number of hydrogen-bond acceptors (Lipinski definition) is 8. The molecular formula is C23H23F3N6O3S. The molecule has 0 saturated carbocycles. The van der Waals surface area contributed by atoms with Crippen molar-refractivity contribution >= 4 is 39.1 Å². The van der Waals surface area contributed by atoms with Gasteiger partial charge in [-0.3, -0.25) is 4.79 Å². The maximum absolute atomic E-state index is 13.2. The van der Waals surface area contributed by atoms with Crippen molar-refractivity contribution in [2.75, 3.05) is 25.6 Å². The number of alkyl halides is 3. The molecule has 3 heterocycles. The topological polar surface area (TPSA) is 103 Å². The van der Waals surface area contributed by atoms with E-state index in [2.05, 4.69) is 25.6 Å². The fourth-order valence-corrected chi connectivity index (χ4v) is 4.14. The Balaban J connectivity index is 1.47. The molecule has 0 aliphatic rings. The first-order valence-corrected chi connectivity index (χ1v) is 11.6. The minimum atomic E-state index is -4.50. The van der Waals surface area contributed by atoms with Crippen LogP contribution in [0.15, 0.2) is 43.0 Å². The number of halogens is 3. The first-order valence-electron chi connectivity index (χ1n) is 10.8. The number of thiazole rings is 1. The molecule has 4 rings (SSSR count). The number of anilines is 2. The molecule has 9 nitrogen and oxygen atoms in total. The summed E-state index contributed by atoms with van der Waals surface area (Å²) >= 11 is 1.25. The van der Waals surface area contributed by atoms with E-state index in [0.29, 0.717) is 16.3 Å². The Morgan fingerprint density at radius 1 is 1.17 bits per heavy atom. The molecule has 3 aromatic heterocycles. The molecule has 1 amide bonds. The van der Waals surface area contributed by atoms with Crippen LogP contribution in [0.25, 0.3) is 11.0 Å². The van der Waals surface area contributed by atoms with E-state index in [1.165, 1.54) is 24.5 Å². The number of rotatable bonds is 9. The third-order valence-corrected chi connectivity index (χ3v) is 6.33. The summed E-state index contributed by atoms with van der Waals surface area (Å²) in [7, 11) is 3.30. The number of carbonyl (C=O) groups excluding carboxylic acids is 1. The molecule has 0 radical (unpaired) electrons. The summed E-state index contributed by atoms with van der Waals surface area (Å²) in [6.07, 6.45) is 0.272. The van der Waals surface area contributed by atoms with Crippen LogP contribution < -0.4 is 15.4 Å². The second kappa shape index (κ2) is 10.5. The van der Waals surface area contributed by atoms with Gasteiger partial charge >= 0.3 is 6.18 Å². The number of ether oxygens (including phenoxy) is 2. The number of imidazole rings is 1. The quantitative estimate of drug-likeness (QED) is 0.308. The molecule has 0 aliphatic heterocycles. The number of nitrogens with one attached hydrogen (secondary N) is 2. The van der Waals surface area contributed by atoms with Crippen LogP contribution in [0.5, 0.6) is 5.75 Å². The zero-order valence-electron chi connectivity index (χ0n) is 19.6. The number of benzene rings is 1. The molecular weight excluding hydrogens is 497 g/mol. The van der Waals surface area contributed by atoms with Crippen LogP contribution in [0.2, 0.25) is 0 Å². The van der Waals surface area contributed by atoms with Crippen LogP contribution >= 0.6 is 11.3 Å². The molecule has 0 aliphatic carbocycles. The average Bonchev–Trinajstić information content (AvgIpc) is 3.46. The van der Waals surface area contributed by atoms with E-state index in [9.17, 15) is 18.0 Å². The molecule has 0 spiro atoms. The van der Waals surface area contributed by atoms with Gasteiger partial charge in [0.2, 0.25) is 0 Å². The summed E-state index contributed by atoms with van der Waals surface area (Å²) in [4.78, 5) is 26.1. The first-order chi connectivity index (χ1) is 17.2. The predicted molar refractivity (Wildman–Crippen MR) is 129 cm³/mol. The third kappa shape index (κ3) is 5.74. The molecule has 2 N–H and O–H groups in total. The second-order valence-electron chi connectivity index (χ2n) is 7.85. The molecule has 1 unspecified atom stereocenters. The van der Waals surface area contributed by atoms with Gasteiger partial charge in [-0.1, -0.05) is 11.3 Å². The Hall–Kier alpha value is -3.71. The number of nitrogens with zero attached hydrogens (tertiary/aromatic N) is 4. The number of fused-ring (bicyclic) bond motifs is 1. The number of pyridine rings is 1. The van der Waals surface area contributed by atoms with Crippen molar-refractivity contribution in [3.05, 3.63) is 59.1 Å². The maximum atomic E-state index is 13.2. The van der Waals surface area contributed by atoms with Crippen molar-refractivity contribution < 1.29 is 27.4 Å². The Kier molecular flexibility index (Phi) is 7.40. The number of aromatic nitrogens is 4. The molecule has 1 aromatic carbocycles. The van der Waals surface area contributed by atoms with Gasteiger partial charge < -0.3 is 24.7 Å². The van der Waals surface area contributed by atoms with Crippen LogP contribution in [-0.2, 0) is 18.0 Å². The SMILES string of the molecule is COCCOc1cc(C(F)(F)F)ccc1Nc1ncc(C(C)NC(=O)c2cc3c(cn2)ncn3C)s1. The van der Waals surface area contributed by atoms with Crippen LogP contribution in [0.3, 0.4) is 0 Å². The molecule has 4 aromatic rings. The van der Waals surface area contributed by atoms with Crippen molar-refractivity contribution in [3.63, 3.8) is 0 Å². The molecule has 0 saturated heterocycles. The smallest absolute Gasteiger partial charge is 0.416 e. The van der Waals surface area contributed by atoms with Crippen molar-refractivity contribution in [3.8, 4) is 5.75 Å². The van der Waals surface area contributed by atoms with E-state index >= 15 is 0 Å². The molecule has 0 bridgehead atoms. The summed E-state index contributed by atoms with van der Waals surface area (Å²) in [5.41, 5.74) is 1.23. The largest absolute Gasteiger partial charge is 0.489 e. The van der Waals surface area contributed by atoms with E-state index in [1.807, 2.05) is 7.05 Å². The molecule has 13 heteroatoms. The minimum absolute atomic E-state index is 0.0246. The predicted octanol–water partition coefficient (Wildman–Crippen LogP) is 4.70. The number of carbonyl (C=O) groups is 1. The van der Waals surface area contributed by atoms with Gasteiger partial charge in [0.1, 0.15) is 23.6 Å². The van der Waals surface area contributed by atoms with Gasteiger partial charge in [-0.15, -0.1) is 0 Å². The van der Waals surface area contributed by atoms with Gasteiger partial charge in [-0.2, -0.15) is 13.2 Å². The maximum Gasteiger partial charge on any atom is 0.416 e. The normalized spacial score (nSPS) is 12.5. The lowest BCUT2D eigenvalue weighted by atomic mass is 10.2. The Morgan fingerprint density at radius 2 is 1.97 bits per heavy atom. The summed E-state index contributed by atoms with van der Waals surface area (Å²) in [5.74, 6) is -0.332. The number of amides is 1. The fraction of sp³-hybridized carbons (Fsp3) is 0.304. The highest BCUT2D eigenvalue weighted by Crippen LogP contribution is 2.37. The van der Waals surface area contributed by atoms with E-state index < -0.39 is 11.7 Å². The monoisotopic (exact) mass is 520 g/mol. The van der Waals surface area contributed by atoms with Crippen molar-refractivity contribution in [1.82, 2.24) is 24.8 Å². The zero-order chi connectivity index (χ0) is 25.9. The van der Waals surface area contributed by atoms with Gasteiger partial charge in [0.15, 0.2) is 5.13 Å².